The van der Waals surface area contributed by atoms with E-state index < -0.39 is 0 Å². The number of hydrogen-bond donors (Lipinski definition) is 1. The molecule has 0 spiro atoms. The molecule has 1 atom stereocenters. The monoisotopic (exact) mass is 249 g/mol. The third kappa shape index (κ3) is 5.65. The molecular formula is C16H27NO. The number of rotatable bonds is 9. The first-order valence-electron chi connectivity index (χ1n) is 7.10. The van der Waals surface area contributed by atoms with E-state index in [0.29, 0.717) is 6.04 Å². The average molecular weight is 249 g/mol. The van der Waals surface area contributed by atoms with Crippen LogP contribution in [-0.2, 0) is 17.6 Å². The predicted molar refractivity (Wildman–Crippen MR) is 78.1 cm³/mol. The van der Waals surface area contributed by atoms with E-state index in [-0.39, 0.29) is 0 Å². The van der Waals surface area contributed by atoms with Crippen LogP contribution >= 0.6 is 0 Å². The Labute approximate surface area is 112 Å². The summed E-state index contributed by atoms with van der Waals surface area (Å²) in [5, 5.41) is 3.54. The Morgan fingerprint density at radius 2 is 1.78 bits per heavy atom. The van der Waals surface area contributed by atoms with Gasteiger partial charge in [-0.25, -0.2) is 0 Å². The third-order valence-electron chi connectivity index (χ3n) is 3.26. The van der Waals surface area contributed by atoms with Crippen LogP contribution < -0.4 is 5.32 Å². The van der Waals surface area contributed by atoms with Crippen LogP contribution in [0.3, 0.4) is 0 Å². The number of hydrogen-bond acceptors (Lipinski definition) is 2. The first-order valence-corrected chi connectivity index (χ1v) is 7.10. The SMILES string of the molecule is CCCNC(CCc1ccc(CC)cc1)COC. The highest BCUT2D eigenvalue weighted by Gasteiger charge is 2.07. The van der Waals surface area contributed by atoms with Gasteiger partial charge in [0, 0.05) is 13.2 Å². The highest BCUT2D eigenvalue weighted by atomic mass is 16.5. The van der Waals surface area contributed by atoms with Crippen molar-refractivity contribution in [2.75, 3.05) is 20.3 Å². The Balaban J connectivity index is 2.39. The summed E-state index contributed by atoms with van der Waals surface area (Å²) in [5.41, 5.74) is 2.84. The standard InChI is InChI=1S/C16H27NO/c1-4-12-17-16(13-18-3)11-10-15-8-6-14(5-2)7-9-15/h6-9,16-17H,4-5,10-13H2,1-3H3. The summed E-state index contributed by atoms with van der Waals surface area (Å²) in [5.74, 6) is 0. The summed E-state index contributed by atoms with van der Waals surface area (Å²) >= 11 is 0. The van der Waals surface area contributed by atoms with Crippen LogP contribution in [0.15, 0.2) is 24.3 Å². The second-order valence-electron chi connectivity index (χ2n) is 4.82. The lowest BCUT2D eigenvalue weighted by Crippen LogP contribution is -2.34. The molecule has 0 aromatic heterocycles. The lowest BCUT2D eigenvalue weighted by molar-refractivity contribution is 0.162. The molecule has 102 valence electrons. The molecule has 1 rings (SSSR count). The van der Waals surface area contributed by atoms with E-state index in [1.54, 1.807) is 7.11 Å². The molecule has 0 bridgehead atoms. The maximum atomic E-state index is 5.26. The van der Waals surface area contributed by atoms with Gasteiger partial charge in [-0.05, 0) is 43.4 Å². The Morgan fingerprint density at radius 1 is 1.11 bits per heavy atom. The second-order valence-corrected chi connectivity index (χ2v) is 4.82. The molecule has 0 aliphatic carbocycles. The van der Waals surface area contributed by atoms with E-state index >= 15 is 0 Å². The molecule has 0 heterocycles. The van der Waals surface area contributed by atoms with Gasteiger partial charge in [0.15, 0.2) is 0 Å². The Bertz CT molecular complexity index is 307. The Hall–Kier alpha value is -0.860. The van der Waals surface area contributed by atoms with Crippen molar-refractivity contribution < 1.29 is 4.74 Å². The summed E-state index contributed by atoms with van der Waals surface area (Å²) in [6.07, 6.45) is 4.55. The molecule has 0 aliphatic heterocycles. The molecular weight excluding hydrogens is 222 g/mol. The van der Waals surface area contributed by atoms with Crippen molar-refractivity contribution in [3.8, 4) is 0 Å². The van der Waals surface area contributed by atoms with E-state index in [1.165, 1.54) is 17.5 Å². The predicted octanol–water partition coefficient (Wildman–Crippen LogP) is 3.20. The minimum absolute atomic E-state index is 0.473. The van der Waals surface area contributed by atoms with Gasteiger partial charge in [-0.2, -0.15) is 0 Å². The van der Waals surface area contributed by atoms with Crippen LogP contribution in [-0.4, -0.2) is 26.3 Å². The van der Waals surface area contributed by atoms with Crippen molar-refractivity contribution in [3.63, 3.8) is 0 Å². The number of methoxy groups -OCH3 is 1. The van der Waals surface area contributed by atoms with Crippen LogP contribution in [0.25, 0.3) is 0 Å². The van der Waals surface area contributed by atoms with Gasteiger partial charge < -0.3 is 10.1 Å². The molecule has 0 amide bonds. The van der Waals surface area contributed by atoms with Gasteiger partial charge in [0.25, 0.3) is 0 Å². The molecule has 2 heteroatoms. The minimum Gasteiger partial charge on any atom is -0.383 e. The summed E-state index contributed by atoms with van der Waals surface area (Å²) in [4.78, 5) is 0. The summed E-state index contributed by atoms with van der Waals surface area (Å²) in [6, 6.07) is 9.45. The fraction of sp³-hybridized carbons (Fsp3) is 0.625. The van der Waals surface area contributed by atoms with Crippen molar-refractivity contribution in [2.24, 2.45) is 0 Å². The zero-order valence-corrected chi connectivity index (χ0v) is 12.0. The van der Waals surface area contributed by atoms with Gasteiger partial charge in [0.05, 0.1) is 6.61 Å². The summed E-state index contributed by atoms with van der Waals surface area (Å²) in [7, 11) is 1.77. The fourth-order valence-corrected chi connectivity index (χ4v) is 2.08. The summed E-state index contributed by atoms with van der Waals surface area (Å²) in [6.45, 7) is 6.26. The van der Waals surface area contributed by atoms with Crippen molar-refractivity contribution in [2.45, 2.75) is 45.6 Å². The normalized spacial score (nSPS) is 12.6. The zero-order chi connectivity index (χ0) is 13.2. The smallest absolute Gasteiger partial charge is 0.0615 e. The van der Waals surface area contributed by atoms with E-state index in [2.05, 4.69) is 43.4 Å². The third-order valence-corrected chi connectivity index (χ3v) is 3.26. The molecule has 0 saturated carbocycles. The lowest BCUT2D eigenvalue weighted by atomic mass is 10.0. The Kier molecular flexibility index (Phi) is 7.70. The minimum atomic E-state index is 0.473. The van der Waals surface area contributed by atoms with Gasteiger partial charge in [-0.15, -0.1) is 0 Å². The van der Waals surface area contributed by atoms with E-state index in [9.17, 15) is 0 Å². The number of benzene rings is 1. The molecule has 2 nitrogen and oxygen atoms in total. The van der Waals surface area contributed by atoms with Gasteiger partial charge >= 0.3 is 0 Å². The molecule has 0 aliphatic rings. The van der Waals surface area contributed by atoms with Gasteiger partial charge in [-0.1, -0.05) is 38.1 Å². The van der Waals surface area contributed by atoms with Crippen LogP contribution in [0.4, 0.5) is 0 Å². The van der Waals surface area contributed by atoms with Crippen molar-refractivity contribution in [1.82, 2.24) is 5.32 Å². The molecule has 1 aromatic rings. The molecule has 0 saturated heterocycles. The maximum Gasteiger partial charge on any atom is 0.0615 e. The van der Waals surface area contributed by atoms with E-state index in [4.69, 9.17) is 4.74 Å². The number of nitrogens with one attached hydrogen (secondary N) is 1. The van der Waals surface area contributed by atoms with Crippen molar-refractivity contribution >= 4 is 0 Å². The molecule has 1 aromatic carbocycles. The quantitative estimate of drug-likeness (QED) is 0.725. The highest BCUT2D eigenvalue weighted by molar-refractivity contribution is 5.22. The van der Waals surface area contributed by atoms with Crippen LogP contribution in [0.1, 0.15) is 37.8 Å². The largest absolute Gasteiger partial charge is 0.383 e. The van der Waals surface area contributed by atoms with E-state index in [0.717, 1.165) is 32.4 Å². The van der Waals surface area contributed by atoms with Gasteiger partial charge in [0.2, 0.25) is 0 Å². The van der Waals surface area contributed by atoms with Crippen LogP contribution in [0.5, 0.6) is 0 Å². The molecule has 0 fully saturated rings. The van der Waals surface area contributed by atoms with E-state index in [1.807, 2.05) is 0 Å². The van der Waals surface area contributed by atoms with Crippen LogP contribution in [0.2, 0.25) is 0 Å². The molecule has 18 heavy (non-hydrogen) atoms. The number of ether oxygens (including phenoxy) is 1. The molecule has 1 unspecified atom stereocenters. The first kappa shape index (κ1) is 15.2. The lowest BCUT2D eigenvalue weighted by Gasteiger charge is -2.17. The van der Waals surface area contributed by atoms with Crippen LogP contribution in [0, 0.1) is 0 Å². The highest BCUT2D eigenvalue weighted by Crippen LogP contribution is 2.09. The average Bonchev–Trinajstić information content (AvgIpc) is 2.42. The van der Waals surface area contributed by atoms with Crippen molar-refractivity contribution in [3.05, 3.63) is 35.4 Å². The topological polar surface area (TPSA) is 21.3 Å². The fourth-order valence-electron chi connectivity index (χ4n) is 2.08. The zero-order valence-electron chi connectivity index (χ0n) is 12.0. The summed E-state index contributed by atoms with van der Waals surface area (Å²) < 4.78 is 5.26. The Morgan fingerprint density at radius 3 is 2.33 bits per heavy atom. The van der Waals surface area contributed by atoms with Gasteiger partial charge in [-0.3, -0.25) is 0 Å². The molecule has 0 radical (unpaired) electrons. The second kappa shape index (κ2) is 9.12. The maximum absolute atomic E-state index is 5.26. The van der Waals surface area contributed by atoms with Gasteiger partial charge in [0.1, 0.15) is 0 Å². The molecule has 1 N–H and O–H groups in total. The van der Waals surface area contributed by atoms with Crippen molar-refractivity contribution in [1.29, 1.82) is 0 Å². The number of aryl methyl sites for hydroxylation is 2. The first-order chi connectivity index (χ1) is 8.80.